The molecule has 0 unspecified atom stereocenters. The number of carbonyl (C=O) groups is 1. The van der Waals surface area contributed by atoms with Crippen LogP contribution in [0, 0.1) is 0 Å². The lowest BCUT2D eigenvalue weighted by Crippen LogP contribution is -2.12. The van der Waals surface area contributed by atoms with Crippen molar-refractivity contribution in [1.29, 1.82) is 0 Å². The van der Waals surface area contributed by atoms with Gasteiger partial charge in [0.1, 0.15) is 0 Å². The first-order valence-corrected chi connectivity index (χ1v) is 7.77. The zero-order valence-electron chi connectivity index (χ0n) is 11.4. The monoisotopic (exact) mass is 333 g/mol. The van der Waals surface area contributed by atoms with Gasteiger partial charge in [-0.05, 0) is 24.6 Å². The summed E-state index contributed by atoms with van der Waals surface area (Å²) in [5, 5.41) is 17.2. The second kappa shape index (κ2) is 6.67. The van der Waals surface area contributed by atoms with Gasteiger partial charge in [-0.15, -0.1) is 11.3 Å². The van der Waals surface area contributed by atoms with Gasteiger partial charge in [-0.1, -0.05) is 11.6 Å². The lowest BCUT2D eigenvalue weighted by molar-refractivity contribution is -0.116. The average molecular weight is 334 g/mol. The van der Waals surface area contributed by atoms with E-state index in [1.807, 2.05) is 18.2 Å². The summed E-state index contributed by atoms with van der Waals surface area (Å²) < 4.78 is 0.735. The Morgan fingerprint density at radius 3 is 2.95 bits per heavy atom. The van der Waals surface area contributed by atoms with Crippen molar-refractivity contribution in [1.82, 2.24) is 20.4 Å². The molecule has 0 aromatic carbocycles. The minimum Gasteiger partial charge on any atom is -0.309 e. The Morgan fingerprint density at radius 1 is 1.32 bits per heavy atom. The van der Waals surface area contributed by atoms with Crippen LogP contribution in [0.15, 0.2) is 36.7 Å². The number of halogens is 1. The molecule has 3 aromatic heterocycles. The number of thiophene rings is 1. The predicted octanol–water partition coefficient (Wildman–Crippen LogP) is 3.15. The highest BCUT2D eigenvalue weighted by Gasteiger charge is 2.08. The zero-order chi connectivity index (χ0) is 15.4. The number of anilines is 1. The fourth-order valence-electron chi connectivity index (χ4n) is 1.91. The molecule has 0 bridgehead atoms. The number of carbonyl (C=O) groups excluding carboxylic acids is 1. The lowest BCUT2D eigenvalue weighted by atomic mass is 10.2. The topological polar surface area (TPSA) is 83.6 Å². The molecule has 6 nitrogen and oxygen atoms in total. The first-order chi connectivity index (χ1) is 10.7. The van der Waals surface area contributed by atoms with Crippen molar-refractivity contribution < 1.29 is 4.79 Å². The maximum absolute atomic E-state index is 11.9. The van der Waals surface area contributed by atoms with Gasteiger partial charge in [0, 0.05) is 22.9 Å². The molecule has 22 heavy (non-hydrogen) atoms. The van der Waals surface area contributed by atoms with Crippen molar-refractivity contribution in [3.05, 3.63) is 45.9 Å². The molecule has 0 saturated carbocycles. The van der Waals surface area contributed by atoms with E-state index in [2.05, 4.69) is 25.7 Å². The van der Waals surface area contributed by atoms with Gasteiger partial charge in [-0.2, -0.15) is 15.3 Å². The number of hydrogen-bond acceptors (Lipinski definition) is 5. The van der Waals surface area contributed by atoms with Gasteiger partial charge < -0.3 is 5.32 Å². The standard InChI is InChI=1S/C14H12ClN5OS/c15-12-3-1-10(22-12)2-4-14(21)18-13-7-11(19-20-13)9-5-6-16-17-8-9/h1,3,5-8H,2,4H2,(H2,18,19,20,21). The smallest absolute Gasteiger partial charge is 0.225 e. The van der Waals surface area contributed by atoms with Gasteiger partial charge in [-0.3, -0.25) is 9.89 Å². The Labute approximate surface area is 135 Å². The van der Waals surface area contributed by atoms with Crippen LogP contribution in [0.1, 0.15) is 11.3 Å². The molecule has 0 saturated heterocycles. The highest BCUT2D eigenvalue weighted by molar-refractivity contribution is 7.16. The third-order valence-electron chi connectivity index (χ3n) is 2.97. The molecule has 0 aliphatic heterocycles. The minimum atomic E-state index is -0.0876. The largest absolute Gasteiger partial charge is 0.309 e. The molecule has 0 aliphatic carbocycles. The van der Waals surface area contributed by atoms with Crippen LogP contribution in [-0.4, -0.2) is 26.3 Å². The molecule has 1 amide bonds. The lowest BCUT2D eigenvalue weighted by Gasteiger charge is -2.00. The van der Waals surface area contributed by atoms with Gasteiger partial charge in [0.05, 0.1) is 22.4 Å². The van der Waals surface area contributed by atoms with Crippen molar-refractivity contribution in [3.63, 3.8) is 0 Å². The number of nitrogens with one attached hydrogen (secondary N) is 2. The number of rotatable bonds is 5. The number of aryl methyl sites for hydroxylation is 1. The summed E-state index contributed by atoms with van der Waals surface area (Å²) in [4.78, 5) is 13.0. The van der Waals surface area contributed by atoms with E-state index < -0.39 is 0 Å². The van der Waals surface area contributed by atoms with E-state index in [1.54, 1.807) is 18.5 Å². The van der Waals surface area contributed by atoms with Gasteiger partial charge >= 0.3 is 0 Å². The van der Waals surface area contributed by atoms with Crippen molar-refractivity contribution in [2.24, 2.45) is 0 Å². The third kappa shape index (κ3) is 3.69. The summed E-state index contributed by atoms with van der Waals surface area (Å²) in [6.45, 7) is 0. The zero-order valence-corrected chi connectivity index (χ0v) is 13.0. The molecule has 3 rings (SSSR count). The van der Waals surface area contributed by atoms with E-state index in [4.69, 9.17) is 11.6 Å². The Balaban J connectivity index is 1.57. The number of amides is 1. The maximum atomic E-state index is 11.9. The van der Waals surface area contributed by atoms with Gasteiger partial charge in [-0.25, -0.2) is 0 Å². The normalized spacial score (nSPS) is 10.6. The van der Waals surface area contributed by atoms with Crippen molar-refractivity contribution >= 4 is 34.7 Å². The van der Waals surface area contributed by atoms with Gasteiger partial charge in [0.2, 0.25) is 5.91 Å². The SMILES string of the molecule is O=C(CCc1ccc(Cl)s1)Nc1cc(-c2ccnnc2)[nH]n1. The first-order valence-electron chi connectivity index (χ1n) is 6.57. The molecule has 0 aliphatic rings. The van der Waals surface area contributed by atoms with E-state index in [0.29, 0.717) is 18.7 Å². The summed E-state index contributed by atoms with van der Waals surface area (Å²) in [6, 6.07) is 7.34. The van der Waals surface area contributed by atoms with Crippen LogP contribution < -0.4 is 5.32 Å². The second-order valence-electron chi connectivity index (χ2n) is 4.55. The van der Waals surface area contributed by atoms with Crippen LogP contribution in [-0.2, 0) is 11.2 Å². The number of aromatic nitrogens is 4. The number of H-pyrrole nitrogens is 1. The molecule has 112 valence electrons. The van der Waals surface area contributed by atoms with Gasteiger partial charge in [0.15, 0.2) is 5.82 Å². The Hall–Kier alpha value is -2.25. The molecule has 8 heteroatoms. The van der Waals surface area contributed by atoms with E-state index in [1.165, 1.54) is 11.3 Å². The highest BCUT2D eigenvalue weighted by Crippen LogP contribution is 2.23. The van der Waals surface area contributed by atoms with Crippen LogP contribution in [0.2, 0.25) is 4.34 Å². The summed E-state index contributed by atoms with van der Waals surface area (Å²) >= 11 is 7.35. The molecule has 0 radical (unpaired) electrons. The second-order valence-corrected chi connectivity index (χ2v) is 6.35. The van der Waals surface area contributed by atoms with Crippen molar-refractivity contribution in [2.45, 2.75) is 12.8 Å². The fourth-order valence-corrected chi connectivity index (χ4v) is 3.00. The summed E-state index contributed by atoms with van der Waals surface area (Å²) in [5.74, 6) is 0.399. The van der Waals surface area contributed by atoms with E-state index >= 15 is 0 Å². The van der Waals surface area contributed by atoms with Crippen LogP contribution in [0.4, 0.5) is 5.82 Å². The first kappa shape index (κ1) is 14.7. The minimum absolute atomic E-state index is 0.0876. The maximum Gasteiger partial charge on any atom is 0.225 e. The number of nitrogens with zero attached hydrogens (tertiary/aromatic N) is 3. The van der Waals surface area contributed by atoms with Crippen LogP contribution in [0.5, 0.6) is 0 Å². The van der Waals surface area contributed by atoms with Crippen LogP contribution in [0.25, 0.3) is 11.3 Å². The molecule has 3 heterocycles. The molecule has 0 spiro atoms. The van der Waals surface area contributed by atoms with Crippen molar-refractivity contribution in [2.75, 3.05) is 5.32 Å². The molecule has 3 aromatic rings. The Bertz CT molecular complexity index is 770. The van der Waals surface area contributed by atoms with E-state index in [-0.39, 0.29) is 5.91 Å². The highest BCUT2D eigenvalue weighted by atomic mass is 35.5. The number of aromatic amines is 1. The molecular formula is C14H12ClN5OS. The van der Waals surface area contributed by atoms with Crippen LogP contribution >= 0.6 is 22.9 Å². The fraction of sp³-hybridized carbons (Fsp3) is 0.143. The third-order valence-corrected chi connectivity index (χ3v) is 4.26. The molecule has 0 fully saturated rings. The van der Waals surface area contributed by atoms with Crippen molar-refractivity contribution in [3.8, 4) is 11.3 Å². The summed E-state index contributed by atoms with van der Waals surface area (Å²) in [5.41, 5.74) is 1.63. The number of hydrogen-bond donors (Lipinski definition) is 2. The molecule has 0 atom stereocenters. The van der Waals surface area contributed by atoms with Crippen LogP contribution in [0.3, 0.4) is 0 Å². The Morgan fingerprint density at radius 2 is 2.23 bits per heavy atom. The van der Waals surface area contributed by atoms with E-state index in [0.717, 1.165) is 20.5 Å². The Kier molecular flexibility index (Phi) is 4.45. The molecule has 2 N–H and O–H groups in total. The average Bonchev–Trinajstić information content (AvgIpc) is 3.15. The van der Waals surface area contributed by atoms with Gasteiger partial charge in [0.25, 0.3) is 0 Å². The summed E-state index contributed by atoms with van der Waals surface area (Å²) in [6.07, 6.45) is 4.27. The quantitative estimate of drug-likeness (QED) is 0.751. The van der Waals surface area contributed by atoms with E-state index in [9.17, 15) is 4.79 Å². The predicted molar refractivity (Wildman–Crippen MR) is 85.9 cm³/mol. The summed E-state index contributed by atoms with van der Waals surface area (Å²) in [7, 11) is 0. The molecular weight excluding hydrogens is 322 g/mol.